The number of ether oxygens (including phenoxy) is 1. The van der Waals surface area contributed by atoms with Gasteiger partial charge in [-0.2, -0.15) is 13.2 Å². The molecule has 5 unspecified atom stereocenters. The number of carbonyl (C=O) groups excluding carboxylic acids is 1. The summed E-state index contributed by atoms with van der Waals surface area (Å²) >= 11 is 0. The first-order valence-electron chi connectivity index (χ1n) is 14.4. The number of alkyl halides is 4. The van der Waals surface area contributed by atoms with Gasteiger partial charge < -0.3 is 9.64 Å². The maximum absolute atomic E-state index is 16.2. The number of nitrogens with zero attached hydrogens (tertiary/aromatic N) is 2. The van der Waals surface area contributed by atoms with Gasteiger partial charge in [0.05, 0.1) is 31.0 Å². The highest BCUT2D eigenvalue weighted by Crippen LogP contribution is 2.43. The summed E-state index contributed by atoms with van der Waals surface area (Å²) in [6, 6.07) is -0.0477. The maximum atomic E-state index is 16.2. The van der Waals surface area contributed by atoms with E-state index in [4.69, 9.17) is 4.74 Å². The molecular formula is C27H47F4N5O2. The summed E-state index contributed by atoms with van der Waals surface area (Å²) in [5.74, 6) is -1.01. The molecule has 38 heavy (non-hydrogen) atoms. The van der Waals surface area contributed by atoms with E-state index >= 15 is 4.39 Å². The fourth-order valence-corrected chi connectivity index (χ4v) is 7.02. The first kappa shape index (κ1) is 30.0. The summed E-state index contributed by atoms with van der Waals surface area (Å²) < 4.78 is 61.9. The second-order valence-corrected chi connectivity index (χ2v) is 13.0. The number of hydrogen-bond acceptors (Lipinski definition) is 6. The Morgan fingerprint density at radius 2 is 1.79 bits per heavy atom. The lowest BCUT2D eigenvalue weighted by molar-refractivity contribution is -0.185. The molecule has 0 aromatic rings. The third kappa shape index (κ3) is 7.38. The Bertz CT molecular complexity index is 786. The highest BCUT2D eigenvalue weighted by Gasteiger charge is 2.47. The molecule has 7 nitrogen and oxygen atoms in total. The molecule has 3 heterocycles. The van der Waals surface area contributed by atoms with Crippen LogP contribution in [0.2, 0.25) is 0 Å². The molecule has 4 rings (SSSR count). The van der Waals surface area contributed by atoms with Crippen LogP contribution in [0.3, 0.4) is 0 Å². The Morgan fingerprint density at radius 1 is 1.08 bits per heavy atom. The number of likely N-dealkylation sites (tertiary alicyclic amines) is 1. The molecule has 1 aliphatic carbocycles. The molecule has 3 N–H and O–H groups in total. The molecule has 6 atom stereocenters. The summed E-state index contributed by atoms with van der Waals surface area (Å²) in [6.45, 7) is 10.7. The van der Waals surface area contributed by atoms with Crippen LogP contribution in [0, 0.1) is 17.3 Å². The zero-order valence-corrected chi connectivity index (χ0v) is 23.3. The van der Waals surface area contributed by atoms with Gasteiger partial charge in [0.15, 0.2) is 6.17 Å². The van der Waals surface area contributed by atoms with Gasteiger partial charge in [0, 0.05) is 45.3 Å². The van der Waals surface area contributed by atoms with E-state index in [0.29, 0.717) is 39.2 Å². The Morgan fingerprint density at radius 3 is 2.42 bits per heavy atom. The minimum absolute atomic E-state index is 0.0144. The van der Waals surface area contributed by atoms with Crippen molar-refractivity contribution in [2.45, 2.75) is 116 Å². The molecule has 1 saturated carbocycles. The molecule has 0 radical (unpaired) electrons. The van der Waals surface area contributed by atoms with Gasteiger partial charge in [0.2, 0.25) is 5.91 Å². The summed E-state index contributed by atoms with van der Waals surface area (Å²) in [7, 11) is 0. The Kier molecular flexibility index (Phi) is 9.65. The van der Waals surface area contributed by atoms with Crippen LogP contribution in [0.4, 0.5) is 17.6 Å². The molecule has 220 valence electrons. The lowest BCUT2D eigenvalue weighted by Gasteiger charge is -2.47. The number of rotatable bonds is 6. The van der Waals surface area contributed by atoms with Crippen molar-refractivity contribution in [1.82, 2.24) is 25.8 Å². The van der Waals surface area contributed by atoms with Crippen LogP contribution in [-0.4, -0.2) is 91.5 Å². The summed E-state index contributed by atoms with van der Waals surface area (Å²) in [5.41, 5.74) is -0.0348. The predicted octanol–water partition coefficient (Wildman–Crippen LogP) is 3.60. The van der Waals surface area contributed by atoms with E-state index in [0.717, 1.165) is 25.8 Å². The second-order valence-electron chi connectivity index (χ2n) is 13.0. The number of nitrogens with one attached hydrogen (secondary N) is 3. The van der Waals surface area contributed by atoms with Crippen LogP contribution >= 0.6 is 0 Å². The normalized spacial score (nSPS) is 36.8. The van der Waals surface area contributed by atoms with Gasteiger partial charge in [-0.1, -0.05) is 20.8 Å². The van der Waals surface area contributed by atoms with Crippen LogP contribution in [0.25, 0.3) is 0 Å². The first-order chi connectivity index (χ1) is 17.8. The van der Waals surface area contributed by atoms with Crippen LogP contribution < -0.4 is 16.0 Å². The van der Waals surface area contributed by atoms with Gasteiger partial charge in [0.1, 0.15) is 0 Å². The molecule has 0 aromatic heterocycles. The highest BCUT2D eigenvalue weighted by molar-refractivity contribution is 5.73. The molecule has 0 spiro atoms. The molecule has 3 aliphatic heterocycles. The van der Waals surface area contributed by atoms with Crippen molar-refractivity contribution in [2.75, 3.05) is 32.9 Å². The van der Waals surface area contributed by atoms with Gasteiger partial charge in [-0.15, -0.1) is 0 Å². The van der Waals surface area contributed by atoms with Crippen molar-refractivity contribution in [3.8, 4) is 0 Å². The van der Waals surface area contributed by atoms with E-state index in [1.54, 1.807) is 11.8 Å². The zero-order chi connectivity index (χ0) is 27.7. The van der Waals surface area contributed by atoms with Crippen molar-refractivity contribution in [1.29, 1.82) is 0 Å². The molecular weight excluding hydrogens is 502 g/mol. The van der Waals surface area contributed by atoms with E-state index in [9.17, 15) is 18.0 Å². The van der Waals surface area contributed by atoms with Crippen molar-refractivity contribution < 1.29 is 27.1 Å². The van der Waals surface area contributed by atoms with Gasteiger partial charge in [-0.05, 0) is 56.3 Å². The average molecular weight is 550 g/mol. The van der Waals surface area contributed by atoms with E-state index < -0.39 is 30.6 Å². The quantitative estimate of drug-likeness (QED) is 0.440. The standard InChI is InChI=1S/C27H47F4N5O2/c1-17(37)35-12-13-38-22(15-35)20(14-26(2,3)4)34-24-23(28)25(33-16-32-24)36-11-5-6-21(36)18-7-9-19(10-8-18)27(29,30)31/h18-25,32-34H,5-16H2,1-4H3/t18?,19?,20-,21?,22?,23?,24?,25?/m1/s1. The fraction of sp³-hybridized carbons (Fsp3) is 0.963. The largest absolute Gasteiger partial charge is 0.391 e. The van der Waals surface area contributed by atoms with Crippen molar-refractivity contribution >= 4 is 5.91 Å². The van der Waals surface area contributed by atoms with E-state index in [-0.39, 0.29) is 48.3 Å². The van der Waals surface area contributed by atoms with E-state index in [2.05, 4.69) is 41.6 Å². The Labute approximate surface area is 224 Å². The van der Waals surface area contributed by atoms with Crippen molar-refractivity contribution in [2.24, 2.45) is 17.3 Å². The first-order valence-corrected chi connectivity index (χ1v) is 14.4. The third-order valence-electron chi connectivity index (χ3n) is 8.95. The topological polar surface area (TPSA) is 68.9 Å². The monoisotopic (exact) mass is 549 g/mol. The third-order valence-corrected chi connectivity index (χ3v) is 8.95. The molecule has 1 amide bonds. The summed E-state index contributed by atoms with van der Waals surface area (Å²) in [5, 5.41) is 10.1. The molecule has 11 heteroatoms. The molecule has 3 saturated heterocycles. The summed E-state index contributed by atoms with van der Waals surface area (Å²) in [6.07, 6.45) is -2.68. The van der Waals surface area contributed by atoms with Crippen molar-refractivity contribution in [3.63, 3.8) is 0 Å². The minimum Gasteiger partial charge on any atom is -0.373 e. The highest BCUT2D eigenvalue weighted by atomic mass is 19.4. The predicted molar refractivity (Wildman–Crippen MR) is 138 cm³/mol. The van der Waals surface area contributed by atoms with Crippen LogP contribution in [0.5, 0.6) is 0 Å². The molecule has 0 bridgehead atoms. The Hall–Kier alpha value is -1.01. The fourth-order valence-electron chi connectivity index (χ4n) is 7.02. The number of halogens is 4. The van der Waals surface area contributed by atoms with Crippen LogP contribution in [0.15, 0.2) is 0 Å². The lowest BCUT2D eigenvalue weighted by atomic mass is 9.77. The second kappa shape index (κ2) is 12.2. The van der Waals surface area contributed by atoms with Crippen LogP contribution in [0.1, 0.15) is 72.6 Å². The number of carbonyl (C=O) groups is 1. The van der Waals surface area contributed by atoms with Gasteiger partial charge in [-0.3, -0.25) is 25.6 Å². The maximum Gasteiger partial charge on any atom is 0.391 e. The lowest BCUT2D eigenvalue weighted by Crippen LogP contribution is -2.71. The summed E-state index contributed by atoms with van der Waals surface area (Å²) in [4.78, 5) is 16.0. The van der Waals surface area contributed by atoms with E-state index in [1.165, 1.54) is 0 Å². The number of morpholine rings is 1. The van der Waals surface area contributed by atoms with E-state index in [1.807, 2.05) is 0 Å². The molecule has 4 fully saturated rings. The molecule has 0 aromatic carbocycles. The molecule has 4 aliphatic rings. The zero-order valence-electron chi connectivity index (χ0n) is 23.3. The smallest absolute Gasteiger partial charge is 0.373 e. The average Bonchev–Trinajstić information content (AvgIpc) is 3.33. The minimum atomic E-state index is -4.12. The van der Waals surface area contributed by atoms with Gasteiger partial charge in [-0.25, -0.2) is 4.39 Å². The van der Waals surface area contributed by atoms with Gasteiger partial charge in [0.25, 0.3) is 0 Å². The van der Waals surface area contributed by atoms with Crippen LogP contribution in [-0.2, 0) is 9.53 Å². The van der Waals surface area contributed by atoms with Gasteiger partial charge >= 0.3 is 6.18 Å². The van der Waals surface area contributed by atoms with Crippen molar-refractivity contribution in [3.05, 3.63) is 0 Å². The Balaban J connectivity index is 1.42. The number of amides is 1. The number of hydrogen-bond donors (Lipinski definition) is 3. The SMILES string of the molecule is CC(=O)N1CCOC([C@@H](CC(C)(C)C)NC2NCNC(N3CCCC3C3CCC(C(F)(F)F)CC3)C2F)C1.